The molecule has 5 rings (SSSR count). The first-order valence-corrected chi connectivity index (χ1v) is 9.98. The van der Waals surface area contributed by atoms with Gasteiger partial charge in [-0.2, -0.15) is 0 Å². The minimum Gasteiger partial charge on any atom is -0.399 e. The number of pyridine rings is 1. The third-order valence-electron chi connectivity index (χ3n) is 5.19. The molecule has 0 amide bonds. The first kappa shape index (κ1) is 15.6. The lowest BCUT2D eigenvalue weighted by Crippen LogP contribution is -1.99. The van der Waals surface area contributed by atoms with Crippen LogP contribution in [0.15, 0.2) is 60.7 Å². The quantitative estimate of drug-likeness (QED) is 0.441. The van der Waals surface area contributed by atoms with Crippen molar-refractivity contribution in [3.05, 3.63) is 71.1 Å². The lowest BCUT2D eigenvalue weighted by atomic mass is 9.92. The Morgan fingerprint density at radius 3 is 2.50 bits per heavy atom. The molecule has 1 aliphatic rings. The summed E-state index contributed by atoms with van der Waals surface area (Å²) in [5, 5.41) is 1.36. The Labute approximate surface area is 157 Å². The van der Waals surface area contributed by atoms with Gasteiger partial charge in [-0.3, -0.25) is 0 Å². The Hall–Kier alpha value is -2.65. The van der Waals surface area contributed by atoms with Gasteiger partial charge in [0.15, 0.2) is 0 Å². The number of benzene rings is 2. The minimum atomic E-state index is 0.774. The summed E-state index contributed by atoms with van der Waals surface area (Å²) in [6.45, 7) is 0. The average molecular weight is 356 g/mol. The molecule has 0 spiro atoms. The smallest absolute Gasteiger partial charge is 0.125 e. The molecular formula is C23H20N2S. The Bertz CT molecular complexity index is 1100. The number of rotatable bonds is 2. The fourth-order valence-corrected chi connectivity index (χ4v) is 5.24. The van der Waals surface area contributed by atoms with E-state index in [4.69, 9.17) is 10.7 Å². The van der Waals surface area contributed by atoms with Crippen LogP contribution in [-0.2, 0) is 12.8 Å². The molecule has 2 aromatic carbocycles. The van der Waals surface area contributed by atoms with E-state index < -0.39 is 0 Å². The van der Waals surface area contributed by atoms with E-state index in [0.717, 1.165) is 21.8 Å². The second kappa shape index (κ2) is 6.26. The molecule has 1 aliphatic carbocycles. The summed E-state index contributed by atoms with van der Waals surface area (Å²) in [7, 11) is 0. The molecule has 0 atom stereocenters. The summed E-state index contributed by atoms with van der Waals surface area (Å²) in [6.07, 6.45) is 4.94. The molecule has 0 unspecified atom stereocenters. The van der Waals surface area contributed by atoms with Crippen LogP contribution in [0, 0.1) is 0 Å². The summed E-state index contributed by atoms with van der Waals surface area (Å²) in [5.74, 6) is 0. The number of thiophene rings is 1. The molecule has 2 aromatic heterocycles. The average Bonchev–Trinajstić information content (AvgIpc) is 3.06. The molecule has 0 aliphatic heterocycles. The van der Waals surface area contributed by atoms with Crippen LogP contribution in [0.3, 0.4) is 0 Å². The highest BCUT2D eigenvalue weighted by molar-refractivity contribution is 7.19. The monoisotopic (exact) mass is 356 g/mol. The molecule has 2 nitrogen and oxygen atoms in total. The number of hydrogen-bond donors (Lipinski definition) is 1. The van der Waals surface area contributed by atoms with Crippen molar-refractivity contribution < 1.29 is 0 Å². The zero-order chi connectivity index (χ0) is 17.5. The third kappa shape index (κ3) is 2.60. The SMILES string of the molecule is Nc1cccc(-c2cc(-c3ccccc3)c3c4c(sc3n2)CCCC4)c1. The molecule has 2 N–H and O–H groups in total. The van der Waals surface area contributed by atoms with Gasteiger partial charge in [0.25, 0.3) is 0 Å². The number of aryl methyl sites for hydroxylation is 2. The van der Waals surface area contributed by atoms with E-state index in [1.54, 1.807) is 0 Å². The summed E-state index contributed by atoms with van der Waals surface area (Å²) in [5.41, 5.74) is 13.0. The Morgan fingerprint density at radius 2 is 1.65 bits per heavy atom. The van der Waals surface area contributed by atoms with Gasteiger partial charge in [0, 0.05) is 21.5 Å². The second-order valence-corrected chi connectivity index (χ2v) is 8.02. The van der Waals surface area contributed by atoms with Crippen molar-refractivity contribution >= 4 is 27.2 Å². The van der Waals surface area contributed by atoms with Gasteiger partial charge in [-0.1, -0.05) is 42.5 Å². The Kier molecular flexibility index (Phi) is 3.75. The molecule has 0 fully saturated rings. The van der Waals surface area contributed by atoms with Crippen LogP contribution in [-0.4, -0.2) is 4.98 Å². The molecule has 128 valence electrons. The number of nitrogen functional groups attached to an aromatic ring is 1. The first-order valence-electron chi connectivity index (χ1n) is 9.16. The van der Waals surface area contributed by atoms with Gasteiger partial charge < -0.3 is 5.73 Å². The fourth-order valence-electron chi connectivity index (χ4n) is 3.95. The van der Waals surface area contributed by atoms with E-state index in [2.05, 4.69) is 42.5 Å². The van der Waals surface area contributed by atoms with E-state index >= 15 is 0 Å². The largest absolute Gasteiger partial charge is 0.399 e. The highest BCUT2D eigenvalue weighted by Crippen LogP contribution is 2.42. The van der Waals surface area contributed by atoms with E-state index in [9.17, 15) is 0 Å². The van der Waals surface area contributed by atoms with Gasteiger partial charge in [-0.25, -0.2) is 4.98 Å². The van der Waals surface area contributed by atoms with Gasteiger partial charge in [0.05, 0.1) is 5.69 Å². The highest BCUT2D eigenvalue weighted by atomic mass is 32.1. The van der Waals surface area contributed by atoms with Gasteiger partial charge in [-0.15, -0.1) is 11.3 Å². The van der Waals surface area contributed by atoms with Crippen LogP contribution in [0.5, 0.6) is 0 Å². The normalized spacial score (nSPS) is 13.7. The molecule has 26 heavy (non-hydrogen) atoms. The summed E-state index contributed by atoms with van der Waals surface area (Å²) >= 11 is 1.88. The maximum absolute atomic E-state index is 6.01. The van der Waals surface area contributed by atoms with Crippen LogP contribution in [0.4, 0.5) is 5.69 Å². The Morgan fingerprint density at radius 1 is 0.846 bits per heavy atom. The van der Waals surface area contributed by atoms with E-state index in [1.807, 2.05) is 29.5 Å². The van der Waals surface area contributed by atoms with Crippen molar-refractivity contribution in [3.8, 4) is 22.4 Å². The molecule has 0 saturated carbocycles. The van der Waals surface area contributed by atoms with E-state index in [-0.39, 0.29) is 0 Å². The van der Waals surface area contributed by atoms with E-state index in [1.165, 1.54) is 52.6 Å². The number of aromatic nitrogens is 1. The maximum atomic E-state index is 6.01. The van der Waals surface area contributed by atoms with Crippen molar-refractivity contribution in [3.63, 3.8) is 0 Å². The van der Waals surface area contributed by atoms with Crippen molar-refractivity contribution in [2.45, 2.75) is 25.7 Å². The second-order valence-electron chi connectivity index (χ2n) is 6.94. The topological polar surface area (TPSA) is 38.9 Å². The van der Waals surface area contributed by atoms with Crippen molar-refractivity contribution in [2.24, 2.45) is 0 Å². The van der Waals surface area contributed by atoms with E-state index in [0.29, 0.717) is 0 Å². The summed E-state index contributed by atoms with van der Waals surface area (Å²) in [4.78, 5) is 7.73. The first-order chi connectivity index (χ1) is 12.8. The van der Waals surface area contributed by atoms with Crippen LogP contribution in [0.2, 0.25) is 0 Å². The number of fused-ring (bicyclic) bond motifs is 3. The lowest BCUT2D eigenvalue weighted by molar-refractivity contribution is 0.700. The number of nitrogens with zero attached hydrogens (tertiary/aromatic N) is 1. The van der Waals surface area contributed by atoms with Crippen LogP contribution in [0.25, 0.3) is 32.6 Å². The molecule has 4 aromatic rings. The van der Waals surface area contributed by atoms with Crippen molar-refractivity contribution in [1.29, 1.82) is 0 Å². The van der Waals surface area contributed by atoms with Gasteiger partial charge >= 0.3 is 0 Å². The standard InChI is InChI=1S/C23H20N2S/c24-17-10-6-9-16(13-17)20-14-19(15-7-2-1-3-8-15)22-18-11-4-5-12-21(18)26-23(22)25-20/h1-3,6-10,13-14H,4-5,11-12,24H2. The number of anilines is 1. The highest BCUT2D eigenvalue weighted by Gasteiger charge is 2.21. The van der Waals surface area contributed by atoms with Crippen LogP contribution in [0.1, 0.15) is 23.3 Å². The third-order valence-corrected chi connectivity index (χ3v) is 6.38. The molecule has 2 heterocycles. The maximum Gasteiger partial charge on any atom is 0.125 e. The van der Waals surface area contributed by atoms with Gasteiger partial charge in [-0.05, 0) is 60.6 Å². The van der Waals surface area contributed by atoms with Gasteiger partial charge in [0.2, 0.25) is 0 Å². The lowest BCUT2D eigenvalue weighted by Gasteiger charge is -2.13. The molecular weight excluding hydrogens is 336 g/mol. The zero-order valence-electron chi connectivity index (χ0n) is 14.5. The molecule has 0 bridgehead atoms. The summed E-state index contributed by atoms with van der Waals surface area (Å²) < 4.78 is 0. The zero-order valence-corrected chi connectivity index (χ0v) is 15.4. The van der Waals surface area contributed by atoms with Gasteiger partial charge in [0.1, 0.15) is 4.83 Å². The van der Waals surface area contributed by atoms with Crippen LogP contribution < -0.4 is 5.73 Å². The van der Waals surface area contributed by atoms with Crippen molar-refractivity contribution in [2.75, 3.05) is 5.73 Å². The molecule has 3 heteroatoms. The molecule has 0 radical (unpaired) electrons. The Balaban J connectivity index is 1.82. The van der Waals surface area contributed by atoms with Crippen molar-refractivity contribution in [1.82, 2.24) is 4.98 Å². The summed E-state index contributed by atoms with van der Waals surface area (Å²) in [6, 6.07) is 21.0. The number of nitrogens with two attached hydrogens (primary N) is 1. The van der Waals surface area contributed by atoms with Crippen LogP contribution >= 0.6 is 11.3 Å². The number of hydrogen-bond acceptors (Lipinski definition) is 3. The minimum absolute atomic E-state index is 0.774. The molecule has 0 saturated heterocycles. The predicted octanol–water partition coefficient (Wildman–Crippen LogP) is 6.09. The fraction of sp³-hybridized carbons (Fsp3) is 0.174. The predicted molar refractivity (Wildman–Crippen MR) is 112 cm³/mol.